The monoisotopic (exact) mass is 76.0 g/mol. The molecular formula is C3H5FO. The number of halogens is 1. The predicted molar refractivity (Wildman–Crippen MR) is 15.8 cm³/mol. The lowest BCUT2D eigenvalue weighted by Crippen LogP contribution is -1.80. The lowest BCUT2D eigenvalue weighted by Gasteiger charge is -1.73. The fourth-order valence-corrected chi connectivity index (χ4v) is 0.0445. The molecule has 0 aromatic carbocycles. The summed E-state index contributed by atoms with van der Waals surface area (Å²) < 4.78 is 10.7. The molecule has 30 valence electrons. The number of alkyl halides is 1. The Labute approximate surface area is 30.4 Å². The molecule has 0 amide bonds. The van der Waals surface area contributed by atoms with Crippen LogP contribution in [0.3, 0.4) is 0 Å². The van der Waals surface area contributed by atoms with Gasteiger partial charge in [-0.1, -0.05) is 0 Å². The van der Waals surface area contributed by atoms with Crippen molar-refractivity contribution in [1.29, 1.82) is 0 Å². The molecule has 0 fully saturated rings. The largest absolute Gasteiger partial charge is 0.251 e. The van der Waals surface area contributed by atoms with Gasteiger partial charge in [0.15, 0.2) is 0 Å². The Balaban J connectivity index is 2.19. The van der Waals surface area contributed by atoms with E-state index in [0.717, 1.165) is 6.42 Å². The van der Waals surface area contributed by atoms with Crippen molar-refractivity contribution in [3.8, 4) is 0 Å². The van der Waals surface area contributed by atoms with Crippen molar-refractivity contribution < 1.29 is 9.50 Å². The molecule has 0 N–H and O–H groups in total. The van der Waals surface area contributed by atoms with Gasteiger partial charge in [0.1, 0.15) is 0 Å². The van der Waals surface area contributed by atoms with Gasteiger partial charge in [-0.3, -0.25) is 4.39 Å². The molecule has 5 heavy (non-hydrogen) atoms. The highest BCUT2D eigenvalue weighted by molar-refractivity contribution is 4.55. The van der Waals surface area contributed by atoms with E-state index in [4.69, 9.17) is 0 Å². The molecule has 0 aliphatic carbocycles. The molecule has 0 atom stereocenters. The summed E-state index contributed by atoms with van der Waals surface area (Å²) in [5.41, 5.74) is 0. The van der Waals surface area contributed by atoms with Crippen molar-refractivity contribution in [2.45, 2.75) is 0 Å². The molecule has 0 rings (SSSR count). The van der Waals surface area contributed by atoms with Gasteiger partial charge in [0, 0.05) is 6.42 Å². The van der Waals surface area contributed by atoms with Gasteiger partial charge in [-0.15, -0.1) is 0 Å². The Morgan fingerprint density at radius 3 is 2.40 bits per heavy atom. The van der Waals surface area contributed by atoms with Crippen molar-refractivity contribution in [3.63, 3.8) is 0 Å². The highest BCUT2D eigenvalue weighted by Gasteiger charge is 1.75. The molecule has 0 heterocycles. The summed E-state index contributed by atoms with van der Waals surface area (Å²) in [6.45, 7) is -1.00. The van der Waals surface area contributed by atoms with E-state index < -0.39 is 13.3 Å². The second-order valence-electron chi connectivity index (χ2n) is 0.610. The normalized spacial score (nSPS) is 8.40. The van der Waals surface area contributed by atoms with Gasteiger partial charge in [0.25, 0.3) is 0 Å². The minimum Gasteiger partial charge on any atom is -0.251 e. The number of hydrogen-bond donors (Lipinski definition) is 0. The van der Waals surface area contributed by atoms with Gasteiger partial charge in [0.2, 0.25) is 0 Å². The van der Waals surface area contributed by atoms with E-state index in [2.05, 4.69) is 0 Å². The molecule has 0 saturated carbocycles. The summed E-state index contributed by atoms with van der Waals surface area (Å²) in [7, 11) is 0. The molecule has 0 saturated heterocycles. The van der Waals surface area contributed by atoms with Crippen molar-refractivity contribution in [3.05, 3.63) is 6.42 Å². The number of hydrogen-bond acceptors (Lipinski definition) is 0. The van der Waals surface area contributed by atoms with Crippen LogP contribution in [0.1, 0.15) is 0 Å². The van der Waals surface area contributed by atoms with Crippen LogP contribution in [0.4, 0.5) is 4.39 Å². The van der Waals surface area contributed by atoms with Crippen LogP contribution in [0.25, 0.3) is 0 Å². The zero-order chi connectivity index (χ0) is 4.12. The molecule has 1 nitrogen and oxygen atoms in total. The molecule has 0 aliphatic heterocycles. The average molecular weight is 76.1 g/mol. The first kappa shape index (κ1) is 4.89. The van der Waals surface area contributed by atoms with Gasteiger partial charge < -0.3 is 0 Å². The Morgan fingerprint density at radius 1 is 1.80 bits per heavy atom. The van der Waals surface area contributed by atoms with Gasteiger partial charge in [-0.25, -0.2) is 5.11 Å². The van der Waals surface area contributed by atoms with Crippen LogP contribution in [0, 0.1) is 6.42 Å². The van der Waals surface area contributed by atoms with Crippen molar-refractivity contribution in [1.82, 2.24) is 0 Å². The third-order valence-corrected chi connectivity index (χ3v) is 0.227. The van der Waals surface area contributed by atoms with Gasteiger partial charge >= 0.3 is 0 Å². The summed E-state index contributed by atoms with van der Waals surface area (Å²) in [5.74, 6) is 0. The van der Waals surface area contributed by atoms with E-state index in [1.807, 2.05) is 0 Å². The van der Waals surface area contributed by atoms with E-state index >= 15 is 0 Å². The van der Waals surface area contributed by atoms with E-state index in [1.54, 1.807) is 0 Å². The quantitative estimate of drug-likeness (QED) is 0.458. The van der Waals surface area contributed by atoms with Gasteiger partial charge in [-0.2, -0.15) is 0 Å². The minimum atomic E-state index is -0.594. The fraction of sp³-hybridized carbons (Fsp3) is 0.667. The first-order valence-electron chi connectivity index (χ1n) is 1.37. The topological polar surface area (TPSA) is 19.9 Å². The average Bonchev–Trinajstić information content (AvgIpc) is 1.41. The summed E-state index contributed by atoms with van der Waals surface area (Å²) in [6, 6.07) is 0. The van der Waals surface area contributed by atoms with E-state index in [9.17, 15) is 9.50 Å². The Bertz CT molecular complexity index is 14.4. The smallest absolute Gasteiger partial charge is 0.0950 e. The summed E-state index contributed by atoms with van der Waals surface area (Å²) in [5, 5.41) is 9.23. The SMILES string of the molecule is [O]C[CH]CF. The van der Waals surface area contributed by atoms with Gasteiger partial charge in [0.05, 0.1) is 13.3 Å². The molecule has 0 spiro atoms. The molecule has 2 radical (unpaired) electrons. The van der Waals surface area contributed by atoms with Crippen LogP contribution in [-0.4, -0.2) is 13.3 Å². The second-order valence-corrected chi connectivity index (χ2v) is 0.610. The van der Waals surface area contributed by atoms with Crippen molar-refractivity contribution in [2.24, 2.45) is 0 Å². The molecule has 0 aromatic rings. The zero-order valence-electron chi connectivity index (χ0n) is 2.78. The van der Waals surface area contributed by atoms with E-state index in [1.165, 1.54) is 0 Å². The standard InChI is InChI=1S/C3H5FO/c4-2-1-3-5/h1H,2-3H2. The van der Waals surface area contributed by atoms with Crippen LogP contribution in [0.15, 0.2) is 0 Å². The maximum Gasteiger partial charge on any atom is 0.0950 e. The van der Waals surface area contributed by atoms with Crippen LogP contribution in [0.5, 0.6) is 0 Å². The van der Waals surface area contributed by atoms with Crippen LogP contribution >= 0.6 is 0 Å². The van der Waals surface area contributed by atoms with E-state index in [-0.39, 0.29) is 0 Å². The molecule has 2 heteroatoms. The third-order valence-electron chi connectivity index (χ3n) is 0.227. The molecule has 0 aliphatic rings. The Hall–Kier alpha value is -0.110. The molecule has 0 unspecified atom stereocenters. The lowest BCUT2D eigenvalue weighted by atomic mass is 10.5. The van der Waals surface area contributed by atoms with Crippen molar-refractivity contribution in [2.75, 3.05) is 13.3 Å². The highest BCUT2D eigenvalue weighted by atomic mass is 19.1. The maximum atomic E-state index is 10.7. The molecule has 0 bridgehead atoms. The molecular weight excluding hydrogens is 71.0 g/mol. The fourth-order valence-electron chi connectivity index (χ4n) is 0.0445. The summed E-state index contributed by atoms with van der Waals surface area (Å²) in [4.78, 5) is 0. The highest BCUT2D eigenvalue weighted by Crippen LogP contribution is 1.71. The molecule has 0 aromatic heterocycles. The van der Waals surface area contributed by atoms with Crippen LogP contribution < -0.4 is 0 Å². The predicted octanol–water partition coefficient (Wildman–Crippen LogP) is 0.591. The minimum absolute atomic E-state index is 0.406. The summed E-state index contributed by atoms with van der Waals surface area (Å²) in [6.07, 6.45) is 1.03. The van der Waals surface area contributed by atoms with Crippen LogP contribution in [0.2, 0.25) is 0 Å². The first-order valence-corrected chi connectivity index (χ1v) is 1.37. The first-order chi connectivity index (χ1) is 2.41. The lowest BCUT2D eigenvalue weighted by molar-refractivity contribution is 0.213. The maximum absolute atomic E-state index is 10.7. The van der Waals surface area contributed by atoms with Crippen LogP contribution in [-0.2, 0) is 5.11 Å². The Morgan fingerprint density at radius 2 is 2.40 bits per heavy atom. The summed E-state index contributed by atoms with van der Waals surface area (Å²) >= 11 is 0. The van der Waals surface area contributed by atoms with Gasteiger partial charge in [-0.05, 0) is 0 Å². The number of rotatable bonds is 2. The zero-order valence-corrected chi connectivity index (χ0v) is 2.78. The Kier molecular flexibility index (Phi) is 3.80. The van der Waals surface area contributed by atoms with E-state index in [0.29, 0.717) is 0 Å². The third kappa shape index (κ3) is 3.89. The van der Waals surface area contributed by atoms with Crippen molar-refractivity contribution >= 4 is 0 Å². The second kappa shape index (κ2) is 3.89.